The van der Waals surface area contributed by atoms with E-state index in [-0.39, 0.29) is 12.8 Å². The highest BCUT2D eigenvalue weighted by Crippen LogP contribution is 2.17. The summed E-state index contributed by atoms with van der Waals surface area (Å²) >= 11 is 0. The molecular weight excluding hydrogens is 354 g/mol. The van der Waals surface area contributed by atoms with Crippen molar-refractivity contribution in [2.24, 2.45) is 5.11 Å². The zero-order chi connectivity index (χ0) is 19.6. The molecule has 2 unspecified atom stereocenters. The first-order chi connectivity index (χ1) is 13.1. The number of tetrazole rings is 1. The minimum absolute atomic E-state index is 0.0616. The van der Waals surface area contributed by atoms with E-state index in [4.69, 9.17) is 10.3 Å². The van der Waals surface area contributed by atoms with Gasteiger partial charge in [-0.3, -0.25) is 4.79 Å². The Morgan fingerprint density at radius 1 is 1.19 bits per heavy atom. The molecule has 0 aliphatic heterocycles. The number of carbonyl (C=O) groups is 2. The molecule has 0 spiro atoms. The molecule has 0 bridgehead atoms. The number of hydrogen-bond acceptors (Lipinski definition) is 8. The lowest BCUT2D eigenvalue weighted by molar-refractivity contribution is -0.147. The zero-order valence-electron chi connectivity index (χ0n) is 14.9. The number of hydrogen-bond donors (Lipinski definition) is 0. The lowest BCUT2D eigenvalue weighted by Crippen LogP contribution is -2.27. The van der Waals surface area contributed by atoms with Crippen LogP contribution in [0.4, 0.5) is 0 Å². The maximum Gasteiger partial charge on any atom is 0.332 e. The fourth-order valence-corrected chi connectivity index (χ4v) is 2.44. The monoisotopic (exact) mass is 373 g/mol. The first-order valence-corrected chi connectivity index (χ1v) is 8.11. The number of rotatable bonds is 9. The van der Waals surface area contributed by atoms with Crippen molar-refractivity contribution >= 4 is 11.9 Å². The second-order valence-electron chi connectivity index (χ2n) is 5.55. The third-order valence-corrected chi connectivity index (χ3v) is 3.80. The van der Waals surface area contributed by atoms with Crippen LogP contribution in [0.15, 0.2) is 35.4 Å². The standard InChI is InChI=1S/C16H19N7O4/c1-26-15(24)12(18-21-17)8-9-13(16(25)27-2)23-20-14(19-22-23)10-11-6-4-3-5-7-11/h3-7,12-13H,8-10H2,1-2H3. The van der Waals surface area contributed by atoms with E-state index in [1.54, 1.807) is 0 Å². The van der Waals surface area contributed by atoms with E-state index in [0.29, 0.717) is 12.2 Å². The Labute approximate surface area is 154 Å². The largest absolute Gasteiger partial charge is 0.469 e. The molecule has 0 N–H and O–H groups in total. The van der Waals surface area contributed by atoms with Gasteiger partial charge in [0, 0.05) is 11.3 Å². The zero-order valence-corrected chi connectivity index (χ0v) is 14.9. The molecule has 1 heterocycles. The molecule has 0 radical (unpaired) electrons. The van der Waals surface area contributed by atoms with Crippen molar-refractivity contribution in [3.8, 4) is 0 Å². The highest BCUT2D eigenvalue weighted by molar-refractivity contribution is 5.76. The summed E-state index contributed by atoms with van der Waals surface area (Å²) in [4.78, 5) is 27.5. The van der Waals surface area contributed by atoms with Gasteiger partial charge in [-0.15, -0.1) is 15.0 Å². The summed E-state index contributed by atoms with van der Waals surface area (Å²) < 4.78 is 9.38. The quantitative estimate of drug-likeness (QED) is 0.281. The Bertz CT molecular complexity index is 817. The van der Waals surface area contributed by atoms with Gasteiger partial charge in [-0.25, -0.2) is 4.79 Å². The van der Waals surface area contributed by atoms with E-state index < -0.39 is 24.0 Å². The van der Waals surface area contributed by atoms with E-state index in [1.165, 1.54) is 14.2 Å². The van der Waals surface area contributed by atoms with Crippen molar-refractivity contribution in [2.75, 3.05) is 14.2 Å². The molecule has 0 aliphatic rings. The van der Waals surface area contributed by atoms with Gasteiger partial charge in [0.15, 0.2) is 11.9 Å². The minimum Gasteiger partial charge on any atom is -0.469 e. The Morgan fingerprint density at radius 2 is 1.89 bits per heavy atom. The smallest absolute Gasteiger partial charge is 0.332 e. The number of benzene rings is 1. The van der Waals surface area contributed by atoms with Crippen molar-refractivity contribution in [1.82, 2.24) is 20.2 Å². The van der Waals surface area contributed by atoms with Gasteiger partial charge in [-0.2, -0.15) is 0 Å². The summed E-state index contributed by atoms with van der Waals surface area (Å²) in [6, 6.07) is 7.60. The van der Waals surface area contributed by atoms with E-state index in [1.807, 2.05) is 30.3 Å². The fourth-order valence-electron chi connectivity index (χ4n) is 2.44. The van der Waals surface area contributed by atoms with Gasteiger partial charge in [0.25, 0.3) is 0 Å². The average Bonchev–Trinajstić information content (AvgIpc) is 3.15. The summed E-state index contributed by atoms with van der Waals surface area (Å²) in [5.74, 6) is -0.842. The molecule has 0 amide bonds. The van der Waals surface area contributed by atoms with Crippen LogP contribution in [0.1, 0.15) is 30.3 Å². The van der Waals surface area contributed by atoms with E-state index in [0.717, 1.165) is 10.4 Å². The lowest BCUT2D eigenvalue weighted by atomic mass is 10.1. The molecule has 2 atom stereocenters. The summed E-state index contributed by atoms with van der Waals surface area (Å²) in [6.07, 6.45) is 0.622. The molecule has 11 nitrogen and oxygen atoms in total. The first kappa shape index (κ1) is 19.9. The third-order valence-electron chi connectivity index (χ3n) is 3.80. The molecule has 142 valence electrons. The number of esters is 2. The van der Waals surface area contributed by atoms with Crippen LogP contribution >= 0.6 is 0 Å². The van der Waals surface area contributed by atoms with Crippen LogP contribution in [-0.4, -0.2) is 52.4 Å². The van der Waals surface area contributed by atoms with Crippen LogP contribution in [0.2, 0.25) is 0 Å². The Balaban J connectivity index is 2.13. The van der Waals surface area contributed by atoms with Gasteiger partial charge in [0.2, 0.25) is 0 Å². The van der Waals surface area contributed by atoms with Crippen molar-refractivity contribution < 1.29 is 19.1 Å². The second kappa shape index (κ2) is 9.88. The Hall–Kier alpha value is -3.46. The molecule has 2 rings (SSSR count). The van der Waals surface area contributed by atoms with Crippen molar-refractivity contribution in [1.29, 1.82) is 0 Å². The molecule has 27 heavy (non-hydrogen) atoms. The lowest BCUT2D eigenvalue weighted by Gasteiger charge is -2.15. The minimum atomic E-state index is -1.06. The number of carbonyl (C=O) groups excluding carboxylic acids is 2. The van der Waals surface area contributed by atoms with Crippen LogP contribution < -0.4 is 0 Å². The molecule has 1 aromatic heterocycles. The normalized spacial score (nSPS) is 12.5. The van der Waals surface area contributed by atoms with Crippen LogP contribution in [0.5, 0.6) is 0 Å². The topological polar surface area (TPSA) is 145 Å². The van der Waals surface area contributed by atoms with Gasteiger partial charge >= 0.3 is 11.9 Å². The van der Waals surface area contributed by atoms with Gasteiger partial charge in [0.05, 0.1) is 14.2 Å². The van der Waals surface area contributed by atoms with Gasteiger partial charge in [-0.1, -0.05) is 35.4 Å². The third kappa shape index (κ3) is 5.51. The van der Waals surface area contributed by atoms with Crippen LogP contribution in [0.25, 0.3) is 10.4 Å². The maximum atomic E-state index is 12.1. The average molecular weight is 373 g/mol. The molecule has 0 saturated heterocycles. The van der Waals surface area contributed by atoms with Crippen LogP contribution in [0, 0.1) is 0 Å². The predicted molar refractivity (Wildman–Crippen MR) is 92.3 cm³/mol. The first-order valence-electron chi connectivity index (χ1n) is 8.11. The Kier molecular flexibility index (Phi) is 7.26. The summed E-state index contributed by atoms with van der Waals surface area (Å²) in [7, 11) is 2.43. The molecule has 0 aliphatic carbocycles. The number of azide groups is 1. The molecular formula is C16H19N7O4. The van der Waals surface area contributed by atoms with Crippen LogP contribution in [0.3, 0.4) is 0 Å². The molecule has 11 heteroatoms. The number of aromatic nitrogens is 4. The highest BCUT2D eigenvalue weighted by atomic mass is 16.5. The predicted octanol–water partition coefficient (Wildman–Crippen LogP) is 1.61. The van der Waals surface area contributed by atoms with E-state index >= 15 is 0 Å². The van der Waals surface area contributed by atoms with Crippen molar-refractivity contribution in [3.63, 3.8) is 0 Å². The molecule has 0 saturated carbocycles. The second-order valence-corrected chi connectivity index (χ2v) is 5.55. The molecule has 2 aromatic rings. The highest BCUT2D eigenvalue weighted by Gasteiger charge is 2.27. The Morgan fingerprint density at radius 3 is 2.52 bits per heavy atom. The van der Waals surface area contributed by atoms with Gasteiger partial charge < -0.3 is 9.47 Å². The number of ether oxygens (including phenoxy) is 2. The summed E-state index contributed by atoms with van der Waals surface area (Å²) in [5.41, 5.74) is 9.58. The van der Waals surface area contributed by atoms with Crippen molar-refractivity contribution in [3.05, 3.63) is 52.2 Å². The SMILES string of the molecule is COC(=O)C(CCC(C(=O)OC)n1nnc(Cc2ccccc2)n1)N=[N+]=[N-]. The fraction of sp³-hybridized carbons (Fsp3) is 0.438. The van der Waals surface area contributed by atoms with Gasteiger partial charge in [-0.05, 0) is 29.1 Å². The molecule has 1 aromatic carbocycles. The van der Waals surface area contributed by atoms with Gasteiger partial charge in [0.1, 0.15) is 6.04 Å². The van der Waals surface area contributed by atoms with Crippen LogP contribution in [-0.2, 0) is 25.5 Å². The van der Waals surface area contributed by atoms with Crippen molar-refractivity contribution in [2.45, 2.75) is 31.3 Å². The van der Waals surface area contributed by atoms with E-state index in [9.17, 15) is 9.59 Å². The summed E-state index contributed by atoms with van der Waals surface area (Å²) in [5, 5.41) is 15.5. The maximum absolute atomic E-state index is 12.1. The number of methoxy groups -OCH3 is 2. The number of nitrogens with zero attached hydrogens (tertiary/aromatic N) is 7. The van der Waals surface area contributed by atoms with E-state index in [2.05, 4.69) is 30.2 Å². The summed E-state index contributed by atoms with van der Waals surface area (Å²) in [6.45, 7) is 0. The molecule has 0 fully saturated rings.